The number of carbonyl (C=O) groups excluding carboxylic acids is 1. The van der Waals surface area contributed by atoms with Gasteiger partial charge >= 0.3 is 12.0 Å². The van der Waals surface area contributed by atoms with Crippen molar-refractivity contribution < 1.29 is 19.4 Å². The van der Waals surface area contributed by atoms with Gasteiger partial charge in [-0.2, -0.15) is 11.8 Å². The molecule has 0 aromatic heterocycles. The molecule has 0 aromatic carbocycles. The van der Waals surface area contributed by atoms with Crippen LogP contribution in [0.25, 0.3) is 0 Å². The summed E-state index contributed by atoms with van der Waals surface area (Å²) >= 11 is 1.86. The molecule has 0 aliphatic carbocycles. The van der Waals surface area contributed by atoms with E-state index in [1.54, 1.807) is 4.90 Å². The lowest BCUT2D eigenvalue weighted by Gasteiger charge is -2.34. The van der Waals surface area contributed by atoms with Crippen LogP contribution in [0.2, 0.25) is 0 Å². The molecule has 2 saturated heterocycles. The second-order valence-electron chi connectivity index (χ2n) is 5.07. The third kappa shape index (κ3) is 3.38. The Hall–Kier alpha value is -0.950. The number of ether oxygens (including phenoxy) is 1. The summed E-state index contributed by atoms with van der Waals surface area (Å²) in [7, 11) is 0. The number of amides is 2. The molecule has 2 heterocycles. The first-order valence-electron chi connectivity index (χ1n) is 7.09. The number of carboxylic acid groups (broad SMARTS) is 1. The lowest BCUT2D eigenvalue weighted by molar-refractivity contribution is -0.142. The Morgan fingerprint density at radius 2 is 2.15 bits per heavy atom. The Kier molecular flexibility index (Phi) is 5.54. The Morgan fingerprint density at radius 1 is 1.35 bits per heavy atom. The zero-order chi connectivity index (χ0) is 14.5. The molecule has 6 nitrogen and oxygen atoms in total. The first kappa shape index (κ1) is 15.4. The molecule has 2 atom stereocenters. The standard InChI is InChI=1S/C13H22N2O4S/c1-2-15(11-9-19-8-10(11)12(16)17)13(18)14-4-3-6-20-7-5-14/h10-11H,2-9H2,1H3,(H,16,17). The first-order chi connectivity index (χ1) is 9.65. The molecule has 0 saturated carbocycles. The van der Waals surface area contributed by atoms with Gasteiger partial charge in [0.05, 0.1) is 19.3 Å². The number of rotatable bonds is 3. The van der Waals surface area contributed by atoms with Gasteiger partial charge in [-0.3, -0.25) is 4.79 Å². The van der Waals surface area contributed by atoms with Crippen LogP contribution in [0, 0.1) is 5.92 Å². The lowest BCUT2D eigenvalue weighted by Crippen LogP contribution is -2.52. The zero-order valence-corrected chi connectivity index (χ0v) is 12.6. The van der Waals surface area contributed by atoms with Crippen molar-refractivity contribution in [3.63, 3.8) is 0 Å². The van der Waals surface area contributed by atoms with Crippen molar-refractivity contribution in [2.45, 2.75) is 19.4 Å². The van der Waals surface area contributed by atoms with Gasteiger partial charge in [-0.25, -0.2) is 4.79 Å². The molecule has 2 aliphatic heterocycles. The topological polar surface area (TPSA) is 70.1 Å². The van der Waals surface area contributed by atoms with E-state index in [0.29, 0.717) is 13.2 Å². The van der Waals surface area contributed by atoms with Gasteiger partial charge in [-0.05, 0) is 19.1 Å². The molecule has 0 aromatic rings. The zero-order valence-electron chi connectivity index (χ0n) is 11.8. The molecule has 1 N–H and O–H groups in total. The predicted octanol–water partition coefficient (Wildman–Crippen LogP) is 0.967. The van der Waals surface area contributed by atoms with Crippen LogP contribution in [0.1, 0.15) is 13.3 Å². The largest absolute Gasteiger partial charge is 0.481 e. The number of nitrogens with zero attached hydrogens (tertiary/aromatic N) is 2. The van der Waals surface area contributed by atoms with Gasteiger partial charge in [-0.1, -0.05) is 0 Å². The first-order valence-corrected chi connectivity index (χ1v) is 8.24. The van der Waals surface area contributed by atoms with Crippen molar-refractivity contribution in [1.29, 1.82) is 0 Å². The van der Waals surface area contributed by atoms with Crippen LogP contribution in [0.3, 0.4) is 0 Å². The van der Waals surface area contributed by atoms with E-state index in [4.69, 9.17) is 4.74 Å². The lowest BCUT2D eigenvalue weighted by atomic mass is 10.0. The number of thioether (sulfide) groups is 1. The molecule has 0 spiro atoms. The second kappa shape index (κ2) is 7.17. The molecule has 0 radical (unpaired) electrons. The number of aliphatic carboxylic acids is 1. The smallest absolute Gasteiger partial charge is 0.320 e. The molecule has 2 fully saturated rings. The van der Waals surface area contributed by atoms with Crippen LogP contribution in [0.4, 0.5) is 4.79 Å². The van der Waals surface area contributed by atoms with Crippen LogP contribution in [-0.4, -0.2) is 77.3 Å². The molecular weight excluding hydrogens is 280 g/mol. The number of hydrogen-bond donors (Lipinski definition) is 1. The fourth-order valence-corrected chi connectivity index (χ4v) is 3.60. The van der Waals surface area contributed by atoms with E-state index in [2.05, 4.69) is 0 Å². The summed E-state index contributed by atoms with van der Waals surface area (Å²) in [6.07, 6.45) is 0.998. The SMILES string of the molecule is CCN(C(=O)N1CCCSCC1)C1COCC1C(=O)O. The maximum Gasteiger partial charge on any atom is 0.320 e. The van der Waals surface area contributed by atoms with E-state index in [1.165, 1.54) is 0 Å². The highest BCUT2D eigenvalue weighted by atomic mass is 32.2. The number of hydrogen-bond acceptors (Lipinski definition) is 4. The number of likely N-dealkylation sites (N-methyl/N-ethyl adjacent to an activating group) is 1. The van der Waals surface area contributed by atoms with Crippen molar-refractivity contribution in [3.8, 4) is 0 Å². The molecule has 7 heteroatoms. The van der Waals surface area contributed by atoms with Crippen molar-refractivity contribution in [2.24, 2.45) is 5.92 Å². The minimum Gasteiger partial charge on any atom is -0.481 e. The van der Waals surface area contributed by atoms with Gasteiger partial charge < -0.3 is 19.6 Å². The van der Waals surface area contributed by atoms with Gasteiger partial charge in [0.2, 0.25) is 0 Å². The highest BCUT2D eigenvalue weighted by Gasteiger charge is 2.40. The second-order valence-corrected chi connectivity index (χ2v) is 6.30. The molecule has 2 amide bonds. The summed E-state index contributed by atoms with van der Waals surface area (Å²) < 4.78 is 5.28. The van der Waals surface area contributed by atoms with Crippen LogP contribution >= 0.6 is 11.8 Å². The summed E-state index contributed by atoms with van der Waals surface area (Å²) in [5, 5.41) is 9.23. The summed E-state index contributed by atoms with van der Waals surface area (Å²) in [5.74, 6) is 0.540. The number of carboxylic acids is 1. The van der Waals surface area contributed by atoms with Gasteiger partial charge in [-0.15, -0.1) is 0 Å². The predicted molar refractivity (Wildman–Crippen MR) is 77.0 cm³/mol. The fourth-order valence-electron chi connectivity index (χ4n) is 2.72. The summed E-state index contributed by atoms with van der Waals surface area (Å²) in [5.41, 5.74) is 0. The fraction of sp³-hybridized carbons (Fsp3) is 0.846. The number of carbonyl (C=O) groups is 2. The average molecular weight is 302 g/mol. The van der Waals surface area contributed by atoms with E-state index in [0.717, 1.165) is 31.0 Å². The minimum absolute atomic E-state index is 0.0447. The molecule has 0 bridgehead atoms. The van der Waals surface area contributed by atoms with Crippen LogP contribution in [0.15, 0.2) is 0 Å². The van der Waals surface area contributed by atoms with Crippen molar-refractivity contribution in [3.05, 3.63) is 0 Å². The molecule has 2 rings (SSSR count). The Bertz CT molecular complexity index is 358. The monoisotopic (exact) mass is 302 g/mol. The Morgan fingerprint density at radius 3 is 2.85 bits per heavy atom. The van der Waals surface area contributed by atoms with E-state index >= 15 is 0 Å². The summed E-state index contributed by atoms with van der Waals surface area (Å²) in [6, 6.07) is -0.391. The van der Waals surface area contributed by atoms with Gasteiger partial charge in [0.1, 0.15) is 5.92 Å². The number of urea groups is 1. The summed E-state index contributed by atoms with van der Waals surface area (Å²) in [4.78, 5) is 27.4. The van der Waals surface area contributed by atoms with Crippen molar-refractivity contribution >= 4 is 23.8 Å². The third-order valence-electron chi connectivity index (χ3n) is 3.85. The highest BCUT2D eigenvalue weighted by Crippen LogP contribution is 2.22. The van der Waals surface area contributed by atoms with E-state index in [-0.39, 0.29) is 18.7 Å². The van der Waals surface area contributed by atoms with Crippen LogP contribution < -0.4 is 0 Å². The van der Waals surface area contributed by atoms with E-state index in [1.807, 2.05) is 23.6 Å². The Balaban J connectivity index is 2.06. The Labute approximate surface area is 123 Å². The van der Waals surface area contributed by atoms with Crippen LogP contribution in [0.5, 0.6) is 0 Å². The molecule has 2 unspecified atom stereocenters. The maximum absolute atomic E-state index is 12.6. The minimum atomic E-state index is -0.884. The maximum atomic E-state index is 12.6. The molecule has 114 valence electrons. The summed E-state index contributed by atoms with van der Waals surface area (Å²) in [6.45, 7) is 4.42. The third-order valence-corrected chi connectivity index (χ3v) is 4.90. The molecular formula is C13H22N2O4S. The van der Waals surface area contributed by atoms with Crippen molar-refractivity contribution in [1.82, 2.24) is 9.80 Å². The quantitative estimate of drug-likeness (QED) is 0.841. The molecule has 20 heavy (non-hydrogen) atoms. The highest BCUT2D eigenvalue weighted by molar-refractivity contribution is 7.99. The van der Waals surface area contributed by atoms with Gasteiger partial charge in [0.15, 0.2) is 0 Å². The van der Waals surface area contributed by atoms with E-state index < -0.39 is 11.9 Å². The van der Waals surface area contributed by atoms with Crippen molar-refractivity contribution in [2.75, 3.05) is 44.4 Å². The van der Waals surface area contributed by atoms with E-state index in [9.17, 15) is 14.7 Å². The normalized spacial score (nSPS) is 27.1. The van der Waals surface area contributed by atoms with Gasteiger partial charge in [0.25, 0.3) is 0 Å². The van der Waals surface area contributed by atoms with Gasteiger partial charge in [0, 0.05) is 25.4 Å². The molecule has 2 aliphatic rings. The average Bonchev–Trinajstić information content (AvgIpc) is 2.74. The van der Waals surface area contributed by atoms with Crippen LogP contribution in [-0.2, 0) is 9.53 Å².